The number of rotatable bonds is 4. The highest BCUT2D eigenvalue weighted by atomic mass is 32.1. The van der Waals surface area contributed by atoms with Crippen molar-refractivity contribution in [3.8, 4) is 10.6 Å². The Morgan fingerprint density at radius 2 is 1.63 bits per heavy atom. The summed E-state index contributed by atoms with van der Waals surface area (Å²) in [6.07, 6.45) is 0. The first-order valence-corrected chi connectivity index (χ1v) is 9.08. The Balaban J connectivity index is 1.85. The van der Waals surface area contributed by atoms with E-state index in [-0.39, 0.29) is 17.6 Å². The molecule has 1 aromatic heterocycles. The number of hydrogen-bond donors (Lipinski definition) is 2. The minimum Gasteiger partial charge on any atom is -0.326 e. The van der Waals surface area contributed by atoms with Gasteiger partial charge in [0, 0.05) is 23.9 Å². The van der Waals surface area contributed by atoms with Crippen LogP contribution in [0.15, 0.2) is 42.5 Å². The number of nitrogens with zero attached hydrogens (tertiary/aromatic N) is 1. The zero-order valence-corrected chi connectivity index (χ0v) is 15.9. The Hall–Kier alpha value is -3.06. The molecule has 27 heavy (non-hydrogen) atoms. The van der Waals surface area contributed by atoms with Gasteiger partial charge in [0.25, 0.3) is 5.91 Å². The number of aromatic nitrogens is 1. The van der Waals surface area contributed by atoms with Gasteiger partial charge in [0.15, 0.2) is 0 Å². The van der Waals surface area contributed by atoms with Crippen molar-refractivity contribution in [1.29, 1.82) is 0 Å². The lowest BCUT2D eigenvalue weighted by Gasteiger charge is -2.12. The molecule has 0 aliphatic heterocycles. The lowest BCUT2D eigenvalue weighted by atomic mass is 10.1. The number of carbonyl (C=O) groups is 2. The van der Waals surface area contributed by atoms with Gasteiger partial charge in [-0.2, -0.15) is 0 Å². The van der Waals surface area contributed by atoms with E-state index in [1.807, 2.05) is 6.92 Å². The monoisotopic (exact) mass is 383 g/mol. The van der Waals surface area contributed by atoms with Crippen molar-refractivity contribution in [1.82, 2.24) is 4.98 Å². The van der Waals surface area contributed by atoms with Crippen LogP contribution < -0.4 is 10.6 Å². The first-order valence-electron chi connectivity index (χ1n) is 8.27. The molecule has 0 aliphatic rings. The summed E-state index contributed by atoms with van der Waals surface area (Å²) in [5.74, 6) is -0.773. The van der Waals surface area contributed by atoms with Crippen molar-refractivity contribution in [2.75, 3.05) is 10.6 Å². The maximum Gasteiger partial charge on any atom is 0.267 e. The summed E-state index contributed by atoms with van der Waals surface area (Å²) >= 11 is 1.25. The predicted molar refractivity (Wildman–Crippen MR) is 106 cm³/mol. The number of anilines is 2. The maximum atomic E-state index is 13.1. The molecule has 5 nitrogen and oxygen atoms in total. The summed E-state index contributed by atoms with van der Waals surface area (Å²) in [5.41, 5.74) is 3.39. The van der Waals surface area contributed by atoms with Crippen LogP contribution in [0.2, 0.25) is 0 Å². The van der Waals surface area contributed by atoms with E-state index >= 15 is 0 Å². The van der Waals surface area contributed by atoms with Gasteiger partial charge < -0.3 is 10.6 Å². The molecule has 2 aromatic carbocycles. The zero-order valence-electron chi connectivity index (χ0n) is 15.1. The molecule has 0 radical (unpaired) electrons. The van der Waals surface area contributed by atoms with E-state index in [0.29, 0.717) is 27.0 Å². The molecule has 7 heteroatoms. The number of aryl methyl sites for hydroxylation is 1. The highest BCUT2D eigenvalue weighted by Gasteiger charge is 2.17. The van der Waals surface area contributed by atoms with Gasteiger partial charge in [-0.3, -0.25) is 9.59 Å². The van der Waals surface area contributed by atoms with Gasteiger partial charge in [-0.15, -0.1) is 11.3 Å². The van der Waals surface area contributed by atoms with Crippen LogP contribution in [0.3, 0.4) is 0 Å². The van der Waals surface area contributed by atoms with E-state index in [9.17, 15) is 14.0 Å². The maximum absolute atomic E-state index is 13.1. The number of amides is 2. The molecule has 3 aromatic rings. The average Bonchev–Trinajstić information content (AvgIpc) is 3.00. The molecular weight excluding hydrogens is 365 g/mol. The second-order valence-electron chi connectivity index (χ2n) is 6.05. The Morgan fingerprint density at radius 1 is 1.00 bits per heavy atom. The molecule has 0 fully saturated rings. The third kappa shape index (κ3) is 4.20. The standard InChI is InChI=1S/C20H18FN3O2S/c1-11-16(23-13(3)25)5-4-6-17(11)24-19(26)18-12(2)22-20(27-18)14-7-9-15(21)10-8-14/h4-10H,1-3H3,(H,23,25)(H,24,26). The van der Waals surface area contributed by atoms with Crippen LogP contribution in [0, 0.1) is 19.7 Å². The second-order valence-corrected chi connectivity index (χ2v) is 7.05. The van der Waals surface area contributed by atoms with Gasteiger partial charge in [0.05, 0.1) is 5.69 Å². The van der Waals surface area contributed by atoms with Crippen molar-refractivity contribution in [2.45, 2.75) is 20.8 Å². The summed E-state index contributed by atoms with van der Waals surface area (Å²) in [6, 6.07) is 11.3. The van der Waals surface area contributed by atoms with Crippen molar-refractivity contribution < 1.29 is 14.0 Å². The molecule has 0 aliphatic carbocycles. The van der Waals surface area contributed by atoms with Crippen LogP contribution >= 0.6 is 11.3 Å². The number of carbonyl (C=O) groups excluding carboxylic acids is 2. The first kappa shape index (κ1) is 18.7. The van der Waals surface area contributed by atoms with Gasteiger partial charge in [-0.25, -0.2) is 9.37 Å². The summed E-state index contributed by atoms with van der Waals surface area (Å²) < 4.78 is 13.1. The van der Waals surface area contributed by atoms with Gasteiger partial charge in [0.2, 0.25) is 5.91 Å². The van der Waals surface area contributed by atoms with E-state index in [2.05, 4.69) is 15.6 Å². The van der Waals surface area contributed by atoms with Crippen LogP contribution in [-0.4, -0.2) is 16.8 Å². The lowest BCUT2D eigenvalue weighted by molar-refractivity contribution is -0.114. The van der Waals surface area contributed by atoms with Crippen LogP contribution in [0.1, 0.15) is 27.9 Å². The van der Waals surface area contributed by atoms with E-state index < -0.39 is 0 Å². The van der Waals surface area contributed by atoms with Crippen molar-refractivity contribution in [3.63, 3.8) is 0 Å². The van der Waals surface area contributed by atoms with Crippen molar-refractivity contribution >= 4 is 34.5 Å². The summed E-state index contributed by atoms with van der Waals surface area (Å²) in [7, 11) is 0. The molecule has 0 spiro atoms. The lowest BCUT2D eigenvalue weighted by Crippen LogP contribution is -2.14. The highest BCUT2D eigenvalue weighted by Crippen LogP contribution is 2.30. The fraction of sp³-hybridized carbons (Fsp3) is 0.150. The number of thiazole rings is 1. The summed E-state index contributed by atoms with van der Waals surface area (Å²) in [5, 5.41) is 6.27. The summed E-state index contributed by atoms with van der Waals surface area (Å²) in [6.45, 7) is 5.02. The van der Waals surface area contributed by atoms with Gasteiger partial charge in [-0.1, -0.05) is 6.07 Å². The third-order valence-corrected chi connectivity index (χ3v) is 5.19. The minimum atomic E-state index is -0.320. The Labute approximate surface area is 160 Å². The molecule has 138 valence electrons. The highest BCUT2D eigenvalue weighted by molar-refractivity contribution is 7.17. The fourth-order valence-electron chi connectivity index (χ4n) is 2.60. The van der Waals surface area contributed by atoms with Crippen molar-refractivity contribution in [2.24, 2.45) is 0 Å². The molecule has 0 bridgehead atoms. The SMILES string of the molecule is CC(=O)Nc1cccc(NC(=O)c2sc(-c3ccc(F)cc3)nc2C)c1C. The summed E-state index contributed by atoms with van der Waals surface area (Å²) in [4.78, 5) is 28.9. The molecule has 2 amide bonds. The number of nitrogens with one attached hydrogen (secondary N) is 2. The fourth-order valence-corrected chi connectivity index (χ4v) is 3.57. The van der Waals surface area contributed by atoms with Gasteiger partial charge in [0.1, 0.15) is 15.7 Å². The molecule has 0 saturated heterocycles. The normalized spacial score (nSPS) is 10.5. The van der Waals surface area contributed by atoms with Crippen LogP contribution in [0.25, 0.3) is 10.6 Å². The number of hydrogen-bond acceptors (Lipinski definition) is 4. The van der Waals surface area contributed by atoms with Gasteiger partial charge >= 0.3 is 0 Å². The molecular formula is C20H18FN3O2S. The first-order chi connectivity index (χ1) is 12.8. The molecule has 0 unspecified atom stereocenters. The molecule has 0 atom stereocenters. The molecule has 3 rings (SSSR count). The largest absolute Gasteiger partial charge is 0.326 e. The molecule has 1 heterocycles. The second kappa shape index (κ2) is 7.67. The Bertz CT molecular complexity index is 1010. The number of halogens is 1. The Morgan fingerprint density at radius 3 is 2.26 bits per heavy atom. The minimum absolute atomic E-state index is 0.177. The van der Waals surface area contributed by atoms with E-state index in [1.54, 1.807) is 37.3 Å². The smallest absolute Gasteiger partial charge is 0.267 e. The quantitative estimate of drug-likeness (QED) is 0.681. The zero-order chi connectivity index (χ0) is 19.6. The van der Waals surface area contributed by atoms with E-state index in [1.165, 1.54) is 30.4 Å². The third-order valence-electron chi connectivity index (χ3n) is 3.99. The van der Waals surface area contributed by atoms with E-state index in [4.69, 9.17) is 0 Å². The molecule has 2 N–H and O–H groups in total. The topological polar surface area (TPSA) is 71.1 Å². The number of benzene rings is 2. The van der Waals surface area contributed by atoms with Crippen LogP contribution in [0.5, 0.6) is 0 Å². The van der Waals surface area contributed by atoms with Crippen LogP contribution in [0.4, 0.5) is 15.8 Å². The Kier molecular flexibility index (Phi) is 5.32. The average molecular weight is 383 g/mol. The van der Waals surface area contributed by atoms with Crippen LogP contribution in [-0.2, 0) is 4.79 Å². The predicted octanol–water partition coefficient (Wildman–Crippen LogP) is 4.78. The van der Waals surface area contributed by atoms with Gasteiger partial charge in [-0.05, 0) is 55.8 Å². The van der Waals surface area contributed by atoms with E-state index in [0.717, 1.165) is 11.1 Å². The van der Waals surface area contributed by atoms with Crippen molar-refractivity contribution in [3.05, 3.63) is 64.4 Å². The molecule has 0 saturated carbocycles.